The molecule has 0 N–H and O–H groups in total. The normalized spacial score (nSPS) is 18.2. The second kappa shape index (κ2) is 9.74. The van der Waals surface area contributed by atoms with Gasteiger partial charge < -0.3 is 9.41 Å². The first-order valence-corrected chi connectivity index (χ1v) is 14.3. The van der Waals surface area contributed by atoms with Crippen molar-refractivity contribution in [2.75, 3.05) is 13.3 Å². The Morgan fingerprint density at radius 3 is 2.13 bits per heavy atom. The van der Waals surface area contributed by atoms with E-state index in [0.29, 0.717) is 8.45 Å². The molecule has 2 unspecified atom stereocenters. The van der Waals surface area contributed by atoms with Gasteiger partial charge in [-0.25, -0.2) is 0 Å². The monoisotopic (exact) mass is 466 g/mol. The number of rotatable bonds is 4. The van der Waals surface area contributed by atoms with E-state index in [9.17, 15) is 0 Å². The fourth-order valence-electron chi connectivity index (χ4n) is 4.68. The number of hydrogen-bond acceptors (Lipinski definition) is 0. The second-order valence-corrected chi connectivity index (χ2v) is 12.8. The molecule has 2 aliphatic carbocycles. The summed E-state index contributed by atoms with van der Waals surface area (Å²) >= 11 is -0.249. The molecule has 5 rings (SSSR count). The topological polar surface area (TPSA) is 0 Å². The second-order valence-electron chi connectivity index (χ2n) is 8.19. The zero-order valence-electron chi connectivity index (χ0n) is 17.9. The van der Waals surface area contributed by atoms with Crippen LogP contribution in [0, 0.1) is 0 Å². The first-order chi connectivity index (χ1) is 14.1. The molecule has 0 heterocycles. The van der Waals surface area contributed by atoms with Crippen LogP contribution < -0.4 is 9.41 Å². The molecule has 0 amide bonds. The summed E-state index contributed by atoms with van der Waals surface area (Å²) in [7, 11) is -0.0585. The molecule has 0 aromatic heterocycles. The number of benzene rings is 3. The van der Waals surface area contributed by atoms with Gasteiger partial charge in [0.25, 0.3) is 0 Å². The van der Waals surface area contributed by atoms with Gasteiger partial charge in [0.05, 0.1) is 0 Å². The third-order valence-corrected chi connectivity index (χ3v) is 11.1. The van der Waals surface area contributed by atoms with Crippen molar-refractivity contribution < 1.29 is 28.6 Å². The zero-order chi connectivity index (χ0) is 20.0. The van der Waals surface area contributed by atoms with Crippen LogP contribution in [-0.4, -0.2) is 13.3 Å². The van der Waals surface area contributed by atoms with E-state index < -0.39 is 0 Å². The average Bonchev–Trinajstić information content (AvgIpc) is 3.27. The third-order valence-electron chi connectivity index (χ3n) is 6.12. The first-order valence-electron chi connectivity index (χ1n) is 10.2. The molecule has 156 valence electrons. The molecule has 0 fully saturated rings. The molecular weight excluding hydrogens is 441 g/mol. The van der Waals surface area contributed by atoms with Crippen LogP contribution in [0.25, 0.3) is 23.3 Å². The predicted octanol–water partition coefficient (Wildman–Crippen LogP) is 1.74. The van der Waals surface area contributed by atoms with E-state index >= 15 is 0 Å². The molecule has 0 saturated heterocycles. The van der Waals surface area contributed by atoms with E-state index in [4.69, 9.17) is 0 Å². The number of hydrogen-bond donors (Lipinski definition) is 0. The van der Waals surface area contributed by atoms with Gasteiger partial charge in [0.1, 0.15) is 0 Å². The van der Waals surface area contributed by atoms with Gasteiger partial charge in [0.15, 0.2) is 0 Å². The van der Waals surface area contributed by atoms with Crippen LogP contribution in [0.5, 0.6) is 0 Å². The number of allylic oxidation sites excluding steroid dienone is 2. The van der Waals surface area contributed by atoms with Crippen LogP contribution >= 0.6 is 7.92 Å². The van der Waals surface area contributed by atoms with Crippen LogP contribution in [0.1, 0.15) is 37.6 Å². The Morgan fingerprint density at radius 2 is 1.39 bits per heavy atom. The Morgan fingerprint density at radius 1 is 0.710 bits per heavy atom. The fraction of sp³-hybridized carbons (Fsp3) is 0.185. The van der Waals surface area contributed by atoms with Crippen LogP contribution in [-0.2, 0) is 19.2 Å². The van der Waals surface area contributed by atoms with Crippen LogP contribution in [0.4, 0.5) is 0 Å². The minimum absolute atomic E-state index is 0. The standard InChI is InChI=1S/C16H13.C11H12P.2FH.Ti/c1-12-10-14-8-5-9-15(16(14)11-12)13-6-3-2-4-7-13;1-12(2)11-7-9-5-3-4-6-10(9)8-11;;;/h2-11H,1H3;3-8H,1-2H3;2*1H;/q;;;;+2/p-2. The van der Waals surface area contributed by atoms with E-state index in [1.165, 1.54) is 22.3 Å². The quantitative estimate of drug-likeness (QED) is 0.406. The molecule has 31 heavy (non-hydrogen) atoms. The Hall–Kier alpha value is -1.86. The predicted molar refractivity (Wildman–Crippen MR) is 124 cm³/mol. The molecule has 0 radical (unpaired) electrons. The summed E-state index contributed by atoms with van der Waals surface area (Å²) in [5, 5.41) is 1.71. The molecule has 0 aliphatic heterocycles. The molecule has 0 bridgehead atoms. The Bertz CT molecular complexity index is 1130. The summed E-state index contributed by atoms with van der Waals surface area (Å²) in [6.45, 7) is 7.20. The Kier molecular flexibility index (Phi) is 7.48. The van der Waals surface area contributed by atoms with Gasteiger partial charge in [-0.2, -0.15) is 0 Å². The Balaban J connectivity index is 0.00000136. The van der Waals surface area contributed by atoms with Gasteiger partial charge in [-0.3, -0.25) is 0 Å². The SMILES string of the molecule is CC1=Cc2c(-c3ccccc3)cccc2[CH]1[Ti+2][CH]1C(P(C)C)=Cc2ccccc21.[F-].[F-]. The van der Waals surface area contributed by atoms with Gasteiger partial charge in [-0.15, -0.1) is 0 Å². The van der Waals surface area contributed by atoms with Crippen LogP contribution in [0.3, 0.4) is 0 Å². The molecule has 2 atom stereocenters. The summed E-state index contributed by atoms with van der Waals surface area (Å²) in [6.07, 6.45) is 4.97. The van der Waals surface area contributed by atoms with E-state index in [1.807, 2.05) is 0 Å². The minimum atomic E-state index is -0.249. The minimum Gasteiger partial charge on any atom is -1.00 e. The molecule has 3 aromatic rings. The van der Waals surface area contributed by atoms with Gasteiger partial charge in [-0.05, 0) is 0 Å². The van der Waals surface area contributed by atoms with Crippen molar-refractivity contribution >= 4 is 20.1 Å². The number of fused-ring (bicyclic) bond motifs is 2. The van der Waals surface area contributed by atoms with E-state index in [1.54, 1.807) is 22.0 Å². The van der Waals surface area contributed by atoms with Crippen molar-refractivity contribution in [1.82, 2.24) is 0 Å². The zero-order valence-corrected chi connectivity index (χ0v) is 20.4. The molecular formula is C27H25F2PTi. The van der Waals surface area contributed by atoms with Crippen LogP contribution in [0.15, 0.2) is 83.7 Å². The molecule has 3 aromatic carbocycles. The molecule has 0 nitrogen and oxygen atoms in total. The summed E-state index contributed by atoms with van der Waals surface area (Å²) < 4.78 is 1.30. The summed E-state index contributed by atoms with van der Waals surface area (Å²) in [5.74, 6) is 0. The maximum Gasteiger partial charge on any atom is -1.00 e. The summed E-state index contributed by atoms with van der Waals surface area (Å²) in [6, 6.07) is 26.9. The van der Waals surface area contributed by atoms with Crippen molar-refractivity contribution in [3.8, 4) is 11.1 Å². The van der Waals surface area contributed by atoms with Crippen molar-refractivity contribution in [3.63, 3.8) is 0 Å². The average molecular weight is 466 g/mol. The largest absolute Gasteiger partial charge is 1.00 e. The van der Waals surface area contributed by atoms with Gasteiger partial charge >= 0.3 is 185 Å². The molecule has 0 saturated carbocycles. The number of halogens is 2. The Labute approximate surface area is 193 Å². The van der Waals surface area contributed by atoms with Gasteiger partial charge in [0.2, 0.25) is 0 Å². The summed E-state index contributed by atoms with van der Waals surface area (Å²) in [5.41, 5.74) is 10.3. The molecule has 2 aliphatic rings. The van der Waals surface area contributed by atoms with Crippen molar-refractivity contribution in [2.45, 2.75) is 15.4 Å². The maximum absolute atomic E-state index is 2.50. The molecule has 4 heteroatoms. The van der Waals surface area contributed by atoms with Gasteiger partial charge in [-0.1, -0.05) is 0 Å². The van der Waals surface area contributed by atoms with Crippen molar-refractivity contribution in [1.29, 1.82) is 0 Å². The fourth-order valence-corrected chi connectivity index (χ4v) is 10.1. The van der Waals surface area contributed by atoms with E-state index in [-0.39, 0.29) is 36.5 Å². The smallest absolute Gasteiger partial charge is 1.00 e. The first kappa shape index (κ1) is 23.8. The molecule has 0 spiro atoms. The van der Waals surface area contributed by atoms with Crippen LogP contribution in [0.2, 0.25) is 0 Å². The van der Waals surface area contributed by atoms with Crippen molar-refractivity contribution in [2.24, 2.45) is 0 Å². The van der Waals surface area contributed by atoms with Crippen molar-refractivity contribution in [3.05, 3.63) is 106 Å². The van der Waals surface area contributed by atoms with Gasteiger partial charge in [0, 0.05) is 0 Å². The maximum atomic E-state index is 2.50. The van der Waals surface area contributed by atoms with E-state index in [0.717, 1.165) is 0 Å². The summed E-state index contributed by atoms with van der Waals surface area (Å²) in [4.78, 5) is 0. The third kappa shape index (κ3) is 4.27. The van der Waals surface area contributed by atoms with E-state index in [2.05, 4.69) is 105 Å².